The summed E-state index contributed by atoms with van der Waals surface area (Å²) in [5.74, 6) is 0.557. The highest BCUT2D eigenvalue weighted by Crippen LogP contribution is 2.20. The smallest absolute Gasteiger partial charge is 0.255 e. The molecule has 8 heteroatoms. The predicted molar refractivity (Wildman–Crippen MR) is 122 cm³/mol. The van der Waals surface area contributed by atoms with Crippen molar-refractivity contribution in [2.75, 3.05) is 22.1 Å². The van der Waals surface area contributed by atoms with Gasteiger partial charge in [0.05, 0.1) is 17.1 Å². The number of carbonyl (C=O) groups is 1. The van der Waals surface area contributed by atoms with Gasteiger partial charge in [-0.2, -0.15) is 4.98 Å². The van der Waals surface area contributed by atoms with Gasteiger partial charge in [0, 0.05) is 36.1 Å². The zero-order chi connectivity index (χ0) is 21.6. The molecule has 31 heavy (non-hydrogen) atoms. The highest BCUT2D eigenvalue weighted by Gasteiger charge is 2.09. The number of pyridine rings is 1. The Balaban J connectivity index is 1.41. The molecule has 0 aliphatic rings. The first kappa shape index (κ1) is 19.8. The topological polar surface area (TPSA) is 132 Å². The van der Waals surface area contributed by atoms with E-state index in [-0.39, 0.29) is 5.91 Å². The molecule has 0 aliphatic carbocycles. The van der Waals surface area contributed by atoms with E-state index >= 15 is 0 Å². The number of amides is 1. The Hall–Kier alpha value is -4.46. The molecule has 2 aromatic heterocycles. The number of rotatable bonds is 6. The summed E-state index contributed by atoms with van der Waals surface area (Å²) < 4.78 is 0. The first-order valence-electron chi connectivity index (χ1n) is 9.62. The second-order valence-electron chi connectivity index (χ2n) is 6.84. The lowest BCUT2D eigenvalue weighted by atomic mass is 10.1. The molecule has 0 bridgehead atoms. The van der Waals surface area contributed by atoms with E-state index in [0.29, 0.717) is 40.9 Å². The van der Waals surface area contributed by atoms with E-state index in [1.807, 2.05) is 36.4 Å². The number of benzene rings is 2. The Morgan fingerprint density at radius 2 is 1.74 bits per heavy atom. The SMILES string of the molecule is Nc1cc(-c2cccnc2)nc(NCc2ccc(C(=O)Nc3ccccc3N)cc2)n1. The molecule has 8 nitrogen and oxygen atoms in total. The molecule has 1 amide bonds. The molecule has 0 saturated heterocycles. The number of hydrogen-bond acceptors (Lipinski definition) is 7. The number of nitrogens with zero attached hydrogens (tertiary/aromatic N) is 3. The van der Waals surface area contributed by atoms with Gasteiger partial charge in [-0.05, 0) is 42.0 Å². The molecule has 2 heterocycles. The summed E-state index contributed by atoms with van der Waals surface area (Å²) >= 11 is 0. The number of nitrogens with two attached hydrogens (primary N) is 2. The number of para-hydroxylation sites is 2. The summed E-state index contributed by atoms with van der Waals surface area (Å²) in [7, 11) is 0. The third kappa shape index (κ3) is 4.94. The van der Waals surface area contributed by atoms with Gasteiger partial charge in [-0.15, -0.1) is 0 Å². The maximum atomic E-state index is 12.4. The fraction of sp³-hybridized carbons (Fsp3) is 0.0435. The molecule has 154 valence electrons. The van der Waals surface area contributed by atoms with Crippen molar-refractivity contribution in [1.29, 1.82) is 0 Å². The van der Waals surface area contributed by atoms with Gasteiger partial charge in [0.15, 0.2) is 0 Å². The van der Waals surface area contributed by atoms with E-state index < -0.39 is 0 Å². The summed E-state index contributed by atoms with van der Waals surface area (Å²) in [6.45, 7) is 0.476. The van der Waals surface area contributed by atoms with Gasteiger partial charge in [-0.3, -0.25) is 9.78 Å². The van der Waals surface area contributed by atoms with Gasteiger partial charge >= 0.3 is 0 Å². The Bertz CT molecular complexity index is 1190. The molecule has 0 aliphatic heterocycles. The lowest BCUT2D eigenvalue weighted by molar-refractivity contribution is 0.102. The van der Waals surface area contributed by atoms with E-state index in [1.165, 1.54) is 0 Å². The Morgan fingerprint density at radius 3 is 2.48 bits per heavy atom. The van der Waals surface area contributed by atoms with E-state index in [2.05, 4.69) is 25.6 Å². The minimum absolute atomic E-state index is 0.224. The Kier molecular flexibility index (Phi) is 5.70. The summed E-state index contributed by atoms with van der Waals surface area (Å²) in [6, 6.07) is 19.8. The molecule has 0 spiro atoms. The third-order valence-electron chi connectivity index (χ3n) is 4.58. The number of nitrogen functional groups attached to an aromatic ring is 2. The van der Waals surface area contributed by atoms with Crippen LogP contribution in [0.4, 0.5) is 23.1 Å². The van der Waals surface area contributed by atoms with Crippen LogP contribution in [-0.2, 0) is 6.54 Å². The highest BCUT2D eigenvalue weighted by atomic mass is 16.1. The first-order chi connectivity index (χ1) is 15.1. The van der Waals surface area contributed by atoms with Crippen molar-refractivity contribution >= 4 is 29.0 Å². The van der Waals surface area contributed by atoms with Crippen LogP contribution >= 0.6 is 0 Å². The molecule has 4 rings (SSSR count). The number of hydrogen-bond donors (Lipinski definition) is 4. The fourth-order valence-electron chi connectivity index (χ4n) is 2.97. The van der Waals surface area contributed by atoms with Crippen LogP contribution < -0.4 is 22.1 Å². The van der Waals surface area contributed by atoms with Crippen LogP contribution in [0.3, 0.4) is 0 Å². The molecule has 0 fully saturated rings. The van der Waals surface area contributed by atoms with Crippen LogP contribution in [0.15, 0.2) is 79.1 Å². The lowest BCUT2D eigenvalue weighted by Gasteiger charge is -2.10. The minimum atomic E-state index is -0.224. The molecule has 2 aromatic carbocycles. The molecular weight excluding hydrogens is 390 g/mol. The highest BCUT2D eigenvalue weighted by molar-refractivity contribution is 6.05. The summed E-state index contributed by atoms with van der Waals surface area (Å²) in [6.07, 6.45) is 3.42. The average Bonchev–Trinajstić information content (AvgIpc) is 2.80. The largest absolute Gasteiger partial charge is 0.397 e. The van der Waals surface area contributed by atoms with Gasteiger partial charge in [0.25, 0.3) is 5.91 Å². The van der Waals surface area contributed by atoms with Crippen molar-refractivity contribution in [2.45, 2.75) is 6.54 Å². The minimum Gasteiger partial charge on any atom is -0.397 e. The maximum absolute atomic E-state index is 12.4. The van der Waals surface area contributed by atoms with Crippen LogP contribution in [0.1, 0.15) is 15.9 Å². The molecule has 4 aromatic rings. The van der Waals surface area contributed by atoms with Crippen LogP contribution in [0.25, 0.3) is 11.3 Å². The quantitative estimate of drug-likeness (QED) is 0.357. The first-order valence-corrected chi connectivity index (χ1v) is 9.62. The van der Waals surface area contributed by atoms with Crippen molar-refractivity contribution in [3.05, 3.63) is 90.3 Å². The zero-order valence-corrected chi connectivity index (χ0v) is 16.6. The molecule has 0 saturated carbocycles. The van der Waals surface area contributed by atoms with E-state index in [1.54, 1.807) is 42.7 Å². The molecule has 0 radical (unpaired) electrons. The molecule has 6 N–H and O–H groups in total. The molecule has 0 atom stereocenters. The Labute approximate surface area is 179 Å². The monoisotopic (exact) mass is 411 g/mol. The van der Waals surface area contributed by atoms with Crippen molar-refractivity contribution in [3.63, 3.8) is 0 Å². The zero-order valence-electron chi connectivity index (χ0n) is 16.6. The second-order valence-corrected chi connectivity index (χ2v) is 6.84. The van der Waals surface area contributed by atoms with Crippen LogP contribution in [0, 0.1) is 0 Å². The number of nitrogens with one attached hydrogen (secondary N) is 2. The number of carbonyl (C=O) groups excluding carboxylic acids is 1. The van der Waals surface area contributed by atoms with Crippen molar-refractivity contribution < 1.29 is 4.79 Å². The van der Waals surface area contributed by atoms with E-state index in [0.717, 1.165) is 11.1 Å². The van der Waals surface area contributed by atoms with Crippen molar-refractivity contribution in [1.82, 2.24) is 15.0 Å². The van der Waals surface area contributed by atoms with Gasteiger partial charge in [0.1, 0.15) is 5.82 Å². The summed E-state index contributed by atoms with van der Waals surface area (Å²) in [5, 5.41) is 5.98. The van der Waals surface area contributed by atoms with Gasteiger partial charge in [0.2, 0.25) is 5.95 Å². The van der Waals surface area contributed by atoms with Gasteiger partial charge in [-0.25, -0.2) is 4.98 Å². The average molecular weight is 411 g/mol. The maximum Gasteiger partial charge on any atom is 0.255 e. The number of anilines is 4. The normalized spacial score (nSPS) is 10.5. The molecular formula is C23H21N7O. The Morgan fingerprint density at radius 1 is 0.935 bits per heavy atom. The van der Waals surface area contributed by atoms with Crippen LogP contribution in [0.2, 0.25) is 0 Å². The van der Waals surface area contributed by atoms with Gasteiger partial charge < -0.3 is 22.1 Å². The third-order valence-corrected chi connectivity index (χ3v) is 4.58. The number of aromatic nitrogens is 3. The van der Waals surface area contributed by atoms with E-state index in [9.17, 15) is 4.79 Å². The summed E-state index contributed by atoms with van der Waals surface area (Å²) in [4.78, 5) is 25.3. The van der Waals surface area contributed by atoms with Gasteiger partial charge in [-0.1, -0.05) is 24.3 Å². The van der Waals surface area contributed by atoms with E-state index in [4.69, 9.17) is 11.5 Å². The lowest BCUT2D eigenvalue weighted by Crippen LogP contribution is -2.13. The van der Waals surface area contributed by atoms with Crippen LogP contribution in [0.5, 0.6) is 0 Å². The summed E-state index contributed by atoms with van der Waals surface area (Å²) in [5.41, 5.74) is 15.9. The van der Waals surface area contributed by atoms with Crippen LogP contribution in [-0.4, -0.2) is 20.9 Å². The van der Waals surface area contributed by atoms with Crippen molar-refractivity contribution in [3.8, 4) is 11.3 Å². The standard InChI is InChI=1S/C23H21N7O/c24-18-5-1-2-6-19(18)28-22(31)16-9-7-15(8-10-16)13-27-23-29-20(12-21(25)30-23)17-4-3-11-26-14-17/h1-12,14H,13,24H2,(H,28,31)(H3,25,27,29,30). The fourth-order valence-corrected chi connectivity index (χ4v) is 2.97. The predicted octanol–water partition coefficient (Wildman–Crippen LogP) is 3.57. The van der Waals surface area contributed by atoms with Crippen molar-refractivity contribution in [2.24, 2.45) is 0 Å². The molecule has 0 unspecified atom stereocenters. The second kappa shape index (κ2) is 8.91.